The molecule has 0 fully saturated rings. The van der Waals surface area contributed by atoms with E-state index in [0.29, 0.717) is 0 Å². The maximum Gasteiger partial charge on any atom is 0.0900 e. The van der Waals surface area contributed by atoms with E-state index >= 15 is 0 Å². The fourth-order valence-corrected chi connectivity index (χ4v) is 3.67. The Morgan fingerprint density at radius 2 is 2.00 bits per heavy atom. The van der Waals surface area contributed by atoms with Gasteiger partial charge in [0.15, 0.2) is 0 Å². The van der Waals surface area contributed by atoms with Crippen LogP contribution in [0.2, 0.25) is 5.02 Å². The number of nitrogens with zero attached hydrogens (tertiary/aromatic N) is 1. The summed E-state index contributed by atoms with van der Waals surface area (Å²) in [5.41, 5.74) is 3.17. The van der Waals surface area contributed by atoms with Crippen molar-refractivity contribution in [1.29, 1.82) is 0 Å². The monoisotopic (exact) mass is 358 g/mol. The van der Waals surface area contributed by atoms with Gasteiger partial charge in [0.2, 0.25) is 0 Å². The van der Waals surface area contributed by atoms with E-state index in [9.17, 15) is 0 Å². The first kappa shape index (κ1) is 14.8. The Morgan fingerprint density at radius 3 is 2.58 bits per heavy atom. The maximum atomic E-state index is 6.18. The topological polar surface area (TPSA) is 24.9 Å². The molecule has 1 aromatic carbocycles. The molecule has 0 saturated heterocycles. The Balaban J connectivity index is 2.26. The summed E-state index contributed by atoms with van der Waals surface area (Å²) in [5.74, 6) is 0. The second kappa shape index (κ2) is 5.81. The standard InChI is InChI=1S/C14H16BrClN2S/c1-7-5-11(15)13(6-12(7)16)18-9(3)14-8(2)17-10(4)19-14/h5-6,9,18H,1-4H3. The molecule has 1 unspecified atom stereocenters. The van der Waals surface area contributed by atoms with Gasteiger partial charge in [0, 0.05) is 14.4 Å². The molecule has 0 aliphatic rings. The van der Waals surface area contributed by atoms with Crippen molar-refractivity contribution in [2.24, 2.45) is 0 Å². The summed E-state index contributed by atoms with van der Waals surface area (Å²) in [6.45, 7) is 8.22. The van der Waals surface area contributed by atoms with Crippen LogP contribution in [0.4, 0.5) is 5.69 Å². The number of rotatable bonds is 3. The zero-order valence-corrected chi connectivity index (χ0v) is 14.5. The molecule has 2 aromatic rings. The quantitative estimate of drug-likeness (QED) is 0.765. The zero-order chi connectivity index (χ0) is 14.2. The molecule has 0 aliphatic heterocycles. The minimum atomic E-state index is 0.210. The second-order valence-electron chi connectivity index (χ2n) is 4.63. The highest BCUT2D eigenvalue weighted by atomic mass is 79.9. The van der Waals surface area contributed by atoms with Gasteiger partial charge in [-0.2, -0.15) is 0 Å². The van der Waals surface area contributed by atoms with Crippen molar-refractivity contribution in [3.8, 4) is 0 Å². The van der Waals surface area contributed by atoms with Crippen molar-refractivity contribution >= 4 is 44.6 Å². The van der Waals surface area contributed by atoms with E-state index in [4.69, 9.17) is 11.6 Å². The van der Waals surface area contributed by atoms with Crippen molar-refractivity contribution in [1.82, 2.24) is 4.98 Å². The molecular weight excluding hydrogens is 344 g/mol. The summed E-state index contributed by atoms with van der Waals surface area (Å²) >= 11 is 11.5. The molecule has 19 heavy (non-hydrogen) atoms. The van der Waals surface area contributed by atoms with Crippen LogP contribution in [0.5, 0.6) is 0 Å². The first-order valence-corrected chi connectivity index (χ1v) is 8.03. The van der Waals surface area contributed by atoms with E-state index < -0.39 is 0 Å². The third-order valence-electron chi connectivity index (χ3n) is 2.95. The number of benzene rings is 1. The summed E-state index contributed by atoms with van der Waals surface area (Å²) < 4.78 is 1.03. The molecule has 5 heteroatoms. The lowest BCUT2D eigenvalue weighted by Gasteiger charge is -2.16. The largest absolute Gasteiger partial charge is 0.377 e. The highest BCUT2D eigenvalue weighted by Gasteiger charge is 2.14. The lowest BCUT2D eigenvalue weighted by molar-refractivity contribution is 0.888. The average molecular weight is 360 g/mol. The van der Waals surface area contributed by atoms with Crippen molar-refractivity contribution in [3.05, 3.63) is 42.8 Å². The van der Waals surface area contributed by atoms with Crippen LogP contribution in [0.1, 0.15) is 34.1 Å². The predicted molar refractivity (Wildman–Crippen MR) is 87.5 cm³/mol. The van der Waals surface area contributed by atoms with E-state index in [0.717, 1.165) is 31.4 Å². The Hall–Kier alpha value is -0.580. The van der Waals surface area contributed by atoms with Crippen LogP contribution in [0.3, 0.4) is 0 Å². The molecule has 0 saturated carbocycles. The van der Waals surface area contributed by atoms with Gasteiger partial charge in [-0.15, -0.1) is 11.3 Å². The second-order valence-corrected chi connectivity index (χ2v) is 7.13. The number of aryl methyl sites for hydroxylation is 3. The van der Waals surface area contributed by atoms with Crippen molar-refractivity contribution in [2.45, 2.75) is 33.7 Å². The molecule has 2 nitrogen and oxygen atoms in total. The smallest absolute Gasteiger partial charge is 0.0900 e. The molecule has 1 atom stereocenters. The summed E-state index contributed by atoms with van der Waals surface area (Å²) in [5, 5.41) is 5.36. The van der Waals surface area contributed by atoms with Crippen molar-refractivity contribution in [3.63, 3.8) is 0 Å². The van der Waals surface area contributed by atoms with Gasteiger partial charge < -0.3 is 5.32 Å². The van der Waals surface area contributed by atoms with Crippen LogP contribution < -0.4 is 5.32 Å². The summed E-state index contributed by atoms with van der Waals surface area (Å²) in [4.78, 5) is 5.73. The Bertz CT molecular complexity index is 610. The summed E-state index contributed by atoms with van der Waals surface area (Å²) in [6.07, 6.45) is 0. The van der Waals surface area contributed by atoms with Gasteiger partial charge in [0.1, 0.15) is 0 Å². The SMILES string of the molecule is Cc1nc(C)c(C(C)Nc2cc(Cl)c(C)cc2Br)s1. The van der Waals surface area contributed by atoms with E-state index in [1.807, 2.05) is 32.9 Å². The molecule has 0 bridgehead atoms. The number of hydrogen-bond acceptors (Lipinski definition) is 3. The summed E-state index contributed by atoms with van der Waals surface area (Å²) in [7, 11) is 0. The van der Waals surface area contributed by atoms with Crippen LogP contribution in [-0.4, -0.2) is 4.98 Å². The average Bonchev–Trinajstić information content (AvgIpc) is 2.65. The molecule has 0 spiro atoms. The molecule has 0 amide bonds. The number of aromatic nitrogens is 1. The highest BCUT2D eigenvalue weighted by molar-refractivity contribution is 9.10. The van der Waals surface area contributed by atoms with Gasteiger partial charge in [-0.1, -0.05) is 11.6 Å². The zero-order valence-electron chi connectivity index (χ0n) is 11.3. The molecule has 1 aromatic heterocycles. The number of halogens is 2. The van der Waals surface area contributed by atoms with Crippen molar-refractivity contribution in [2.75, 3.05) is 5.32 Å². The number of thiazole rings is 1. The fourth-order valence-electron chi connectivity index (χ4n) is 2.00. The van der Waals surface area contributed by atoms with Crippen LogP contribution >= 0.6 is 38.9 Å². The minimum absolute atomic E-state index is 0.210. The van der Waals surface area contributed by atoms with Gasteiger partial charge in [-0.05, 0) is 61.3 Å². The Labute approximate surface area is 131 Å². The molecule has 0 aliphatic carbocycles. The van der Waals surface area contributed by atoms with Gasteiger partial charge >= 0.3 is 0 Å². The van der Waals surface area contributed by atoms with Crippen LogP contribution in [0, 0.1) is 20.8 Å². The predicted octanol–water partition coefficient (Wildman–Crippen LogP) is 5.66. The fraction of sp³-hybridized carbons (Fsp3) is 0.357. The number of nitrogens with one attached hydrogen (secondary N) is 1. The van der Waals surface area contributed by atoms with E-state index in [1.54, 1.807) is 11.3 Å². The molecule has 102 valence electrons. The number of hydrogen-bond donors (Lipinski definition) is 1. The van der Waals surface area contributed by atoms with Crippen LogP contribution in [0.15, 0.2) is 16.6 Å². The third-order valence-corrected chi connectivity index (χ3v) is 5.27. The van der Waals surface area contributed by atoms with Crippen LogP contribution in [0.25, 0.3) is 0 Å². The first-order valence-electron chi connectivity index (χ1n) is 6.04. The molecular formula is C14H16BrClN2S. The lowest BCUT2D eigenvalue weighted by atomic mass is 10.2. The molecule has 0 radical (unpaired) electrons. The lowest BCUT2D eigenvalue weighted by Crippen LogP contribution is -2.07. The van der Waals surface area contributed by atoms with Gasteiger partial charge in [0.05, 0.1) is 22.4 Å². The Kier molecular flexibility index (Phi) is 4.54. The molecule has 1 N–H and O–H groups in total. The third kappa shape index (κ3) is 3.30. The molecule has 1 heterocycles. The van der Waals surface area contributed by atoms with Gasteiger partial charge in [-0.25, -0.2) is 4.98 Å². The van der Waals surface area contributed by atoms with Gasteiger partial charge in [-0.3, -0.25) is 0 Å². The van der Waals surface area contributed by atoms with Crippen LogP contribution in [-0.2, 0) is 0 Å². The van der Waals surface area contributed by atoms with E-state index in [-0.39, 0.29) is 6.04 Å². The van der Waals surface area contributed by atoms with Gasteiger partial charge in [0.25, 0.3) is 0 Å². The van der Waals surface area contributed by atoms with E-state index in [1.165, 1.54) is 4.88 Å². The normalized spacial score (nSPS) is 12.5. The maximum absolute atomic E-state index is 6.18. The first-order chi connectivity index (χ1) is 8.88. The summed E-state index contributed by atoms with van der Waals surface area (Å²) in [6, 6.07) is 4.20. The highest BCUT2D eigenvalue weighted by Crippen LogP contribution is 2.33. The Morgan fingerprint density at radius 1 is 1.32 bits per heavy atom. The minimum Gasteiger partial charge on any atom is -0.377 e. The van der Waals surface area contributed by atoms with E-state index in [2.05, 4.69) is 33.2 Å². The molecule has 2 rings (SSSR count). The number of anilines is 1. The van der Waals surface area contributed by atoms with Crippen molar-refractivity contribution < 1.29 is 0 Å².